The molecule has 1 aromatic rings. The first kappa shape index (κ1) is 13.6. The van der Waals surface area contributed by atoms with E-state index >= 15 is 0 Å². The quantitative estimate of drug-likeness (QED) is 0.805. The second-order valence-electron chi connectivity index (χ2n) is 3.56. The predicted octanol–water partition coefficient (Wildman–Crippen LogP) is 4.17. The Morgan fingerprint density at radius 2 is 2.31 bits per heavy atom. The molecule has 0 aromatic heterocycles. The highest BCUT2D eigenvalue weighted by Gasteiger charge is 2.14. The molecule has 1 N–H and O–H groups in total. The van der Waals surface area contributed by atoms with Gasteiger partial charge in [-0.15, -0.1) is 12.3 Å². The standard InChI is InChI=1S/C13H15BrClN/c1-3-6-12(16-9-4-2)10-7-5-8-11(14)13(10)15/h1,5,7-8,12,16H,4,6,9H2,2H3. The molecule has 1 aromatic carbocycles. The summed E-state index contributed by atoms with van der Waals surface area (Å²) in [4.78, 5) is 0. The van der Waals surface area contributed by atoms with Crippen LogP contribution in [0.1, 0.15) is 31.4 Å². The van der Waals surface area contributed by atoms with Crippen LogP contribution in [0, 0.1) is 12.3 Å². The van der Waals surface area contributed by atoms with Crippen LogP contribution < -0.4 is 5.32 Å². The molecule has 3 heteroatoms. The zero-order valence-electron chi connectivity index (χ0n) is 9.26. The fourth-order valence-electron chi connectivity index (χ4n) is 1.52. The van der Waals surface area contributed by atoms with Crippen LogP contribution in [0.5, 0.6) is 0 Å². The third-order valence-corrected chi connectivity index (χ3v) is 3.63. The number of halogens is 2. The lowest BCUT2D eigenvalue weighted by Crippen LogP contribution is -2.22. The van der Waals surface area contributed by atoms with Crippen molar-refractivity contribution in [3.63, 3.8) is 0 Å². The Bertz CT molecular complexity index is 384. The molecule has 1 nitrogen and oxygen atoms in total. The lowest BCUT2D eigenvalue weighted by atomic mass is 10.0. The first-order valence-corrected chi connectivity index (χ1v) is 6.48. The van der Waals surface area contributed by atoms with Crippen LogP contribution in [0.3, 0.4) is 0 Å². The van der Waals surface area contributed by atoms with Crippen LogP contribution in [0.15, 0.2) is 22.7 Å². The summed E-state index contributed by atoms with van der Waals surface area (Å²) >= 11 is 9.67. The summed E-state index contributed by atoms with van der Waals surface area (Å²) in [6.07, 6.45) is 7.11. The molecule has 1 unspecified atom stereocenters. The molecule has 0 radical (unpaired) electrons. The molecule has 0 spiro atoms. The fraction of sp³-hybridized carbons (Fsp3) is 0.385. The summed E-state index contributed by atoms with van der Waals surface area (Å²) in [5.41, 5.74) is 1.06. The van der Waals surface area contributed by atoms with E-state index in [0.717, 1.165) is 28.0 Å². The van der Waals surface area contributed by atoms with E-state index in [9.17, 15) is 0 Å². The molecule has 0 amide bonds. The van der Waals surface area contributed by atoms with E-state index < -0.39 is 0 Å². The monoisotopic (exact) mass is 299 g/mol. The number of hydrogen-bond donors (Lipinski definition) is 1. The van der Waals surface area contributed by atoms with Crippen LogP contribution in [-0.4, -0.2) is 6.54 Å². The minimum Gasteiger partial charge on any atom is -0.309 e. The predicted molar refractivity (Wildman–Crippen MR) is 73.6 cm³/mol. The van der Waals surface area contributed by atoms with E-state index in [2.05, 4.69) is 34.1 Å². The Kier molecular flexibility index (Phi) is 5.90. The highest BCUT2D eigenvalue weighted by Crippen LogP contribution is 2.31. The Balaban J connectivity index is 2.92. The zero-order chi connectivity index (χ0) is 12.0. The molecule has 0 aliphatic rings. The molecule has 0 aliphatic carbocycles. The van der Waals surface area contributed by atoms with E-state index in [-0.39, 0.29) is 6.04 Å². The van der Waals surface area contributed by atoms with Crippen molar-refractivity contribution in [2.45, 2.75) is 25.8 Å². The molecule has 0 bridgehead atoms. The van der Waals surface area contributed by atoms with Crippen LogP contribution in [0.25, 0.3) is 0 Å². The summed E-state index contributed by atoms with van der Waals surface area (Å²) in [7, 11) is 0. The Morgan fingerprint density at radius 1 is 1.56 bits per heavy atom. The molecule has 1 rings (SSSR count). The lowest BCUT2D eigenvalue weighted by molar-refractivity contribution is 0.542. The maximum Gasteiger partial charge on any atom is 0.0596 e. The molecule has 0 saturated carbocycles. The molecule has 16 heavy (non-hydrogen) atoms. The highest BCUT2D eigenvalue weighted by atomic mass is 79.9. The van der Waals surface area contributed by atoms with Crippen LogP contribution in [-0.2, 0) is 0 Å². The Hall–Kier alpha value is -0.490. The summed E-state index contributed by atoms with van der Waals surface area (Å²) in [6, 6.07) is 6.05. The van der Waals surface area contributed by atoms with Gasteiger partial charge in [-0.05, 0) is 40.5 Å². The molecule has 1 atom stereocenters. The Morgan fingerprint density at radius 3 is 2.94 bits per heavy atom. The number of hydrogen-bond acceptors (Lipinski definition) is 1. The van der Waals surface area contributed by atoms with Crippen LogP contribution in [0.4, 0.5) is 0 Å². The van der Waals surface area contributed by atoms with Crippen molar-refractivity contribution < 1.29 is 0 Å². The molecular weight excluding hydrogens is 286 g/mol. The SMILES string of the molecule is C#CCC(NCCC)c1cccc(Br)c1Cl. The molecule has 0 fully saturated rings. The maximum absolute atomic E-state index is 6.25. The molecule has 86 valence electrons. The first-order chi connectivity index (χ1) is 7.70. The van der Waals surface area contributed by atoms with Crippen molar-refractivity contribution in [3.05, 3.63) is 33.3 Å². The van der Waals surface area contributed by atoms with Crippen molar-refractivity contribution in [1.82, 2.24) is 5.32 Å². The van der Waals surface area contributed by atoms with E-state index in [1.807, 2.05) is 18.2 Å². The summed E-state index contributed by atoms with van der Waals surface area (Å²) in [5, 5.41) is 4.15. The normalized spacial score (nSPS) is 12.1. The average Bonchev–Trinajstić information content (AvgIpc) is 2.28. The third-order valence-electron chi connectivity index (χ3n) is 2.32. The zero-order valence-corrected chi connectivity index (χ0v) is 11.6. The Labute approximate surface area is 111 Å². The van der Waals surface area contributed by atoms with Gasteiger partial charge in [0, 0.05) is 16.9 Å². The third kappa shape index (κ3) is 3.52. The first-order valence-electron chi connectivity index (χ1n) is 5.31. The number of rotatable bonds is 5. The van der Waals surface area contributed by atoms with Crippen molar-refractivity contribution in [2.24, 2.45) is 0 Å². The second kappa shape index (κ2) is 6.96. The maximum atomic E-state index is 6.25. The van der Waals surface area contributed by atoms with Gasteiger partial charge in [0.2, 0.25) is 0 Å². The average molecular weight is 301 g/mol. The second-order valence-corrected chi connectivity index (χ2v) is 4.79. The van der Waals surface area contributed by atoms with Gasteiger partial charge in [-0.2, -0.15) is 0 Å². The van der Waals surface area contributed by atoms with E-state index in [4.69, 9.17) is 18.0 Å². The molecular formula is C13H15BrClN. The van der Waals surface area contributed by atoms with Gasteiger partial charge < -0.3 is 5.32 Å². The van der Waals surface area contributed by atoms with Gasteiger partial charge in [-0.1, -0.05) is 30.7 Å². The van der Waals surface area contributed by atoms with E-state index in [1.54, 1.807) is 0 Å². The molecule has 0 saturated heterocycles. The van der Waals surface area contributed by atoms with Gasteiger partial charge in [0.05, 0.1) is 5.02 Å². The van der Waals surface area contributed by atoms with Crippen LogP contribution in [0.2, 0.25) is 5.02 Å². The van der Waals surface area contributed by atoms with Gasteiger partial charge >= 0.3 is 0 Å². The smallest absolute Gasteiger partial charge is 0.0596 e. The lowest BCUT2D eigenvalue weighted by Gasteiger charge is -2.18. The minimum absolute atomic E-state index is 0.134. The minimum atomic E-state index is 0.134. The van der Waals surface area contributed by atoms with Crippen LogP contribution >= 0.6 is 27.5 Å². The van der Waals surface area contributed by atoms with Crippen molar-refractivity contribution in [1.29, 1.82) is 0 Å². The largest absolute Gasteiger partial charge is 0.309 e. The fourth-order valence-corrected chi connectivity index (χ4v) is 2.16. The van der Waals surface area contributed by atoms with Gasteiger partial charge in [0.1, 0.15) is 0 Å². The van der Waals surface area contributed by atoms with Crippen molar-refractivity contribution in [2.75, 3.05) is 6.54 Å². The van der Waals surface area contributed by atoms with Gasteiger partial charge in [0.15, 0.2) is 0 Å². The van der Waals surface area contributed by atoms with Gasteiger partial charge in [0.25, 0.3) is 0 Å². The molecule has 0 heterocycles. The van der Waals surface area contributed by atoms with E-state index in [0.29, 0.717) is 6.42 Å². The number of benzene rings is 1. The summed E-state index contributed by atoms with van der Waals surface area (Å²) in [6.45, 7) is 3.07. The van der Waals surface area contributed by atoms with Gasteiger partial charge in [-0.25, -0.2) is 0 Å². The van der Waals surface area contributed by atoms with Crippen molar-refractivity contribution >= 4 is 27.5 Å². The number of terminal acetylenes is 1. The van der Waals surface area contributed by atoms with E-state index in [1.165, 1.54) is 0 Å². The summed E-state index contributed by atoms with van der Waals surface area (Å²) < 4.78 is 0.909. The highest BCUT2D eigenvalue weighted by molar-refractivity contribution is 9.10. The summed E-state index contributed by atoms with van der Waals surface area (Å²) in [5.74, 6) is 2.69. The molecule has 0 aliphatic heterocycles. The topological polar surface area (TPSA) is 12.0 Å². The van der Waals surface area contributed by atoms with Gasteiger partial charge in [-0.3, -0.25) is 0 Å². The van der Waals surface area contributed by atoms with Crippen molar-refractivity contribution in [3.8, 4) is 12.3 Å². The number of nitrogens with one attached hydrogen (secondary N) is 1.